The summed E-state index contributed by atoms with van der Waals surface area (Å²) in [6, 6.07) is -0.536. The number of morpholine rings is 1. The van der Waals surface area contributed by atoms with Crippen molar-refractivity contribution in [3.05, 3.63) is 0 Å². The van der Waals surface area contributed by atoms with Crippen molar-refractivity contribution in [3.63, 3.8) is 0 Å². The highest BCUT2D eigenvalue weighted by molar-refractivity contribution is 5.67. The molecule has 1 fully saturated rings. The molecule has 0 spiro atoms. The summed E-state index contributed by atoms with van der Waals surface area (Å²) in [7, 11) is 0. The van der Waals surface area contributed by atoms with Gasteiger partial charge in [-0.25, -0.2) is 0 Å². The first-order valence-electron chi connectivity index (χ1n) is 4.03. The first-order valence-corrected chi connectivity index (χ1v) is 4.03. The van der Waals surface area contributed by atoms with Crippen LogP contribution >= 0.6 is 0 Å². The van der Waals surface area contributed by atoms with Crippen LogP contribution in [0.15, 0.2) is 0 Å². The summed E-state index contributed by atoms with van der Waals surface area (Å²) in [6.07, 6.45) is -6.45. The number of alkyl halides is 3. The van der Waals surface area contributed by atoms with E-state index in [0.29, 0.717) is 0 Å². The van der Waals surface area contributed by atoms with Gasteiger partial charge in [-0.3, -0.25) is 4.79 Å². The first kappa shape index (κ1) is 11.3. The van der Waals surface area contributed by atoms with Gasteiger partial charge in [0.1, 0.15) is 0 Å². The molecule has 1 aliphatic heterocycles. The lowest BCUT2D eigenvalue weighted by Gasteiger charge is -2.30. The average Bonchev–Trinajstić information content (AvgIpc) is 2.02. The molecule has 0 aliphatic carbocycles. The molecule has 2 N–H and O–H groups in total. The highest BCUT2D eigenvalue weighted by Crippen LogP contribution is 2.24. The molecule has 2 atom stereocenters. The van der Waals surface area contributed by atoms with Crippen LogP contribution in [0.3, 0.4) is 0 Å². The molecule has 82 valence electrons. The smallest absolute Gasteiger partial charge is 0.415 e. The number of hydrogen-bond donors (Lipinski definition) is 2. The molecule has 0 saturated carbocycles. The zero-order valence-electron chi connectivity index (χ0n) is 7.17. The third-order valence-corrected chi connectivity index (χ3v) is 1.88. The molecule has 4 nitrogen and oxygen atoms in total. The standard InChI is InChI=1S/C7H10F3NO3/c8-7(9,10)5-2-11-4(3-14-5)1-6(12)13/h4-5,11H,1-3H2,(H,12,13). The molecule has 1 saturated heterocycles. The molecular weight excluding hydrogens is 203 g/mol. The van der Waals surface area contributed by atoms with Crippen molar-refractivity contribution in [3.8, 4) is 0 Å². The molecule has 14 heavy (non-hydrogen) atoms. The Kier molecular flexibility index (Phi) is 3.33. The van der Waals surface area contributed by atoms with Gasteiger partial charge in [0, 0.05) is 12.6 Å². The van der Waals surface area contributed by atoms with Gasteiger partial charge in [0.2, 0.25) is 0 Å². The summed E-state index contributed by atoms with van der Waals surface area (Å²) in [5, 5.41) is 10.9. The van der Waals surface area contributed by atoms with Gasteiger partial charge >= 0.3 is 12.1 Å². The molecule has 0 radical (unpaired) electrons. The zero-order valence-corrected chi connectivity index (χ0v) is 7.17. The molecule has 1 aliphatic rings. The Balaban J connectivity index is 2.35. The number of halogens is 3. The Morgan fingerprint density at radius 2 is 2.21 bits per heavy atom. The normalized spacial score (nSPS) is 28.8. The van der Waals surface area contributed by atoms with Crippen LogP contribution in [0.2, 0.25) is 0 Å². The summed E-state index contributed by atoms with van der Waals surface area (Å²) in [4.78, 5) is 10.2. The van der Waals surface area contributed by atoms with Crippen molar-refractivity contribution in [1.29, 1.82) is 0 Å². The lowest BCUT2D eigenvalue weighted by Crippen LogP contribution is -2.52. The number of carboxylic acids is 1. The quantitative estimate of drug-likeness (QED) is 0.696. The van der Waals surface area contributed by atoms with Gasteiger partial charge in [-0.2, -0.15) is 13.2 Å². The zero-order chi connectivity index (χ0) is 10.8. The van der Waals surface area contributed by atoms with E-state index in [1.807, 2.05) is 0 Å². The maximum absolute atomic E-state index is 12.0. The molecule has 0 aromatic rings. The number of aliphatic carboxylic acids is 1. The topological polar surface area (TPSA) is 58.6 Å². The van der Waals surface area contributed by atoms with Crippen molar-refractivity contribution in [2.75, 3.05) is 13.2 Å². The van der Waals surface area contributed by atoms with E-state index in [1.165, 1.54) is 0 Å². The van der Waals surface area contributed by atoms with Crippen LogP contribution in [0.4, 0.5) is 13.2 Å². The summed E-state index contributed by atoms with van der Waals surface area (Å²) in [6.45, 7) is -0.613. The molecule has 0 aromatic heterocycles. The number of carbonyl (C=O) groups is 1. The SMILES string of the molecule is O=C(O)CC1COC(C(F)(F)F)CN1. The monoisotopic (exact) mass is 213 g/mol. The molecule has 1 heterocycles. The lowest BCUT2D eigenvalue weighted by atomic mass is 10.1. The van der Waals surface area contributed by atoms with E-state index in [-0.39, 0.29) is 19.6 Å². The van der Waals surface area contributed by atoms with Gasteiger partial charge in [0.15, 0.2) is 6.10 Å². The van der Waals surface area contributed by atoms with Crippen molar-refractivity contribution < 1.29 is 27.8 Å². The van der Waals surface area contributed by atoms with Crippen LogP contribution in [0.1, 0.15) is 6.42 Å². The Labute approximate surface area is 78.0 Å². The second kappa shape index (κ2) is 4.14. The minimum atomic E-state index is -4.39. The van der Waals surface area contributed by atoms with Crippen molar-refractivity contribution in [2.45, 2.75) is 24.7 Å². The van der Waals surface area contributed by atoms with Crippen LogP contribution in [-0.2, 0) is 9.53 Å². The molecule has 0 aromatic carbocycles. The molecular formula is C7H10F3NO3. The Hall–Kier alpha value is -0.820. The maximum Gasteiger partial charge on any atom is 0.415 e. The number of nitrogens with one attached hydrogen (secondary N) is 1. The third-order valence-electron chi connectivity index (χ3n) is 1.88. The fraction of sp³-hybridized carbons (Fsp3) is 0.857. The summed E-state index contributed by atoms with van der Waals surface area (Å²) >= 11 is 0. The van der Waals surface area contributed by atoms with Gasteiger partial charge in [0.05, 0.1) is 13.0 Å². The Morgan fingerprint density at radius 1 is 1.57 bits per heavy atom. The van der Waals surface area contributed by atoms with Crippen molar-refractivity contribution in [2.24, 2.45) is 0 Å². The van der Waals surface area contributed by atoms with E-state index in [1.54, 1.807) is 0 Å². The Morgan fingerprint density at radius 3 is 2.57 bits per heavy atom. The van der Waals surface area contributed by atoms with Crippen LogP contribution < -0.4 is 5.32 Å². The van der Waals surface area contributed by atoms with Gasteiger partial charge in [-0.15, -0.1) is 0 Å². The second-order valence-electron chi connectivity index (χ2n) is 3.07. The highest BCUT2D eigenvalue weighted by atomic mass is 19.4. The van der Waals surface area contributed by atoms with Gasteiger partial charge in [0.25, 0.3) is 0 Å². The van der Waals surface area contributed by atoms with Crippen LogP contribution in [-0.4, -0.2) is 42.5 Å². The molecule has 7 heteroatoms. The van der Waals surface area contributed by atoms with Crippen LogP contribution in [0.5, 0.6) is 0 Å². The number of rotatable bonds is 2. The van der Waals surface area contributed by atoms with E-state index in [9.17, 15) is 18.0 Å². The lowest BCUT2D eigenvalue weighted by molar-refractivity contribution is -0.229. The predicted octanol–water partition coefficient (Wildman–Crippen LogP) is 0.380. The van der Waals surface area contributed by atoms with E-state index in [2.05, 4.69) is 10.1 Å². The molecule has 0 amide bonds. The van der Waals surface area contributed by atoms with E-state index in [4.69, 9.17) is 5.11 Å². The van der Waals surface area contributed by atoms with E-state index in [0.717, 1.165) is 0 Å². The summed E-state index contributed by atoms with van der Waals surface area (Å²) in [5.74, 6) is -1.06. The predicted molar refractivity (Wildman–Crippen MR) is 39.8 cm³/mol. The van der Waals surface area contributed by atoms with Gasteiger partial charge < -0.3 is 15.2 Å². The largest absolute Gasteiger partial charge is 0.481 e. The van der Waals surface area contributed by atoms with Gasteiger partial charge in [-0.1, -0.05) is 0 Å². The van der Waals surface area contributed by atoms with E-state index < -0.39 is 24.3 Å². The van der Waals surface area contributed by atoms with Crippen molar-refractivity contribution in [1.82, 2.24) is 5.32 Å². The van der Waals surface area contributed by atoms with Gasteiger partial charge in [-0.05, 0) is 0 Å². The molecule has 0 bridgehead atoms. The maximum atomic E-state index is 12.0. The van der Waals surface area contributed by atoms with Crippen LogP contribution in [0.25, 0.3) is 0 Å². The third kappa shape index (κ3) is 3.15. The first-order chi connectivity index (χ1) is 6.39. The Bertz CT molecular complexity index is 211. The van der Waals surface area contributed by atoms with Crippen molar-refractivity contribution >= 4 is 5.97 Å². The minimum Gasteiger partial charge on any atom is -0.481 e. The second-order valence-corrected chi connectivity index (χ2v) is 3.07. The average molecular weight is 213 g/mol. The molecule has 2 unspecified atom stereocenters. The number of ether oxygens (including phenoxy) is 1. The van der Waals surface area contributed by atoms with Crippen LogP contribution in [0, 0.1) is 0 Å². The fourth-order valence-electron chi connectivity index (χ4n) is 1.18. The minimum absolute atomic E-state index is 0.226. The number of carboxylic acid groups (broad SMARTS) is 1. The van der Waals surface area contributed by atoms with E-state index >= 15 is 0 Å². The summed E-state index contributed by atoms with van der Waals surface area (Å²) in [5.41, 5.74) is 0. The number of hydrogen-bond acceptors (Lipinski definition) is 3. The highest BCUT2D eigenvalue weighted by Gasteiger charge is 2.43. The summed E-state index contributed by atoms with van der Waals surface area (Å²) < 4.78 is 40.7. The molecule has 1 rings (SSSR count). The fourth-order valence-corrected chi connectivity index (χ4v) is 1.18.